The first-order valence-corrected chi connectivity index (χ1v) is 11.5. The van der Waals surface area contributed by atoms with Gasteiger partial charge >= 0.3 is 0 Å². The van der Waals surface area contributed by atoms with Gasteiger partial charge in [-0.3, -0.25) is 9.78 Å². The SMILES string of the molecule is O=C(Cc1csc(-c2cccs2)n1)NCCCc1nc(-c2ccncc2)cs1. The number of thiophene rings is 1. The van der Waals surface area contributed by atoms with Crippen LogP contribution in [0.4, 0.5) is 0 Å². The van der Waals surface area contributed by atoms with Crippen LogP contribution in [0.2, 0.25) is 0 Å². The Morgan fingerprint density at radius 2 is 1.93 bits per heavy atom. The summed E-state index contributed by atoms with van der Waals surface area (Å²) in [5, 5.41) is 11.1. The first kappa shape index (κ1) is 18.9. The van der Waals surface area contributed by atoms with Gasteiger partial charge < -0.3 is 5.32 Å². The van der Waals surface area contributed by atoms with Gasteiger partial charge in [-0.2, -0.15) is 0 Å². The Morgan fingerprint density at radius 1 is 1.04 bits per heavy atom. The molecule has 0 saturated carbocycles. The molecule has 4 aromatic rings. The maximum atomic E-state index is 12.1. The van der Waals surface area contributed by atoms with Gasteiger partial charge in [-0.1, -0.05) is 6.07 Å². The van der Waals surface area contributed by atoms with Gasteiger partial charge in [-0.25, -0.2) is 9.97 Å². The number of pyridine rings is 1. The van der Waals surface area contributed by atoms with Gasteiger partial charge in [-0.05, 0) is 30.0 Å². The number of hydrogen-bond donors (Lipinski definition) is 1. The summed E-state index contributed by atoms with van der Waals surface area (Å²) in [6, 6.07) is 7.98. The fraction of sp³-hybridized carbons (Fsp3) is 0.200. The quantitative estimate of drug-likeness (QED) is 0.415. The number of nitrogens with one attached hydrogen (secondary N) is 1. The van der Waals surface area contributed by atoms with Crippen LogP contribution in [0.1, 0.15) is 17.1 Å². The summed E-state index contributed by atoms with van der Waals surface area (Å²) in [7, 11) is 0. The number of nitrogens with zero attached hydrogens (tertiary/aromatic N) is 3. The molecule has 4 heterocycles. The molecule has 4 rings (SSSR count). The Morgan fingerprint density at radius 3 is 2.75 bits per heavy atom. The molecule has 0 spiro atoms. The number of carbonyl (C=O) groups is 1. The number of carbonyl (C=O) groups excluding carboxylic acids is 1. The van der Waals surface area contributed by atoms with Gasteiger partial charge in [0.15, 0.2) is 0 Å². The van der Waals surface area contributed by atoms with Crippen molar-refractivity contribution < 1.29 is 4.79 Å². The molecule has 0 aliphatic heterocycles. The number of aryl methyl sites for hydroxylation is 1. The van der Waals surface area contributed by atoms with E-state index in [1.54, 1.807) is 46.4 Å². The smallest absolute Gasteiger partial charge is 0.226 e. The highest BCUT2D eigenvalue weighted by Gasteiger charge is 2.10. The van der Waals surface area contributed by atoms with Gasteiger partial charge in [0.25, 0.3) is 0 Å². The fourth-order valence-electron chi connectivity index (χ4n) is 2.68. The predicted octanol–water partition coefficient (Wildman–Crippen LogP) is 4.68. The summed E-state index contributed by atoms with van der Waals surface area (Å²) in [5.41, 5.74) is 2.89. The van der Waals surface area contributed by atoms with Crippen LogP contribution in [0.25, 0.3) is 21.1 Å². The van der Waals surface area contributed by atoms with Gasteiger partial charge in [0.05, 0.1) is 27.7 Å². The Balaban J connectivity index is 1.20. The fourth-order valence-corrected chi connectivity index (χ4v) is 5.16. The van der Waals surface area contributed by atoms with Crippen molar-refractivity contribution in [1.29, 1.82) is 0 Å². The van der Waals surface area contributed by atoms with E-state index in [2.05, 4.69) is 25.6 Å². The van der Waals surface area contributed by atoms with Crippen LogP contribution in [-0.2, 0) is 17.6 Å². The molecule has 1 N–H and O–H groups in total. The average molecular weight is 427 g/mol. The summed E-state index contributed by atoms with van der Waals surface area (Å²) in [6.07, 6.45) is 5.60. The van der Waals surface area contributed by atoms with E-state index in [9.17, 15) is 4.79 Å². The molecular formula is C20H18N4OS3. The minimum atomic E-state index is 0.0136. The Labute approximate surface area is 175 Å². The minimum absolute atomic E-state index is 0.0136. The van der Waals surface area contributed by atoms with E-state index >= 15 is 0 Å². The Bertz CT molecular complexity index is 1020. The van der Waals surface area contributed by atoms with Crippen LogP contribution in [0, 0.1) is 0 Å². The van der Waals surface area contributed by atoms with Gasteiger partial charge in [0.1, 0.15) is 5.01 Å². The molecule has 0 fully saturated rings. The maximum absolute atomic E-state index is 12.1. The standard InChI is InChI=1S/C20H18N4OS3/c25-18(11-15-12-28-20(23-15)17-3-2-10-26-17)22-7-1-4-19-24-16(13-27-19)14-5-8-21-9-6-14/h2-3,5-6,8-10,12-13H,1,4,7,11H2,(H,22,25). The van der Waals surface area contributed by atoms with E-state index in [0.717, 1.165) is 44.7 Å². The molecule has 0 saturated heterocycles. The third-order valence-electron chi connectivity index (χ3n) is 4.04. The second-order valence-electron chi connectivity index (χ2n) is 6.11. The van der Waals surface area contributed by atoms with Crippen molar-refractivity contribution in [1.82, 2.24) is 20.3 Å². The zero-order valence-corrected chi connectivity index (χ0v) is 17.4. The second-order valence-corrected chi connectivity index (χ2v) is 8.86. The normalized spacial score (nSPS) is 10.9. The largest absolute Gasteiger partial charge is 0.356 e. The van der Waals surface area contributed by atoms with E-state index in [1.165, 1.54) is 0 Å². The average Bonchev–Trinajstić information content (AvgIpc) is 3.47. The van der Waals surface area contributed by atoms with E-state index in [4.69, 9.17) is 0 Å². The van der Waals surface area contributed by atoms with Crippen molar-refractivity contribution in [2.45, 2.75) is 19.3 Å². The molecule has 0 bridgehead atoms. The monoisotopic (exact) mass is 426 g/mol. The van der Waals surface area contributed by atoms with Crippen molar-refractivity contribution in [3.05, 3.63) is 63.5 Å². The lowest BCUT2D eigenvalue weighted by Gasteiger charge is -2.03. The molecule has 5 nitrogen and oxygen atoms in total. The number of thiazole rings is 2. The van der Waals surface area contributed by atoms with Crippen LogP contribution < -0.4 is 5.32 Å². The van der Waals surface area contributed by atoms with E-state index in [1.807, 2.05) is 35.0 Å². The molecule has 8 heteroatoms. The van der Waals surface area contributed by atoms with E-state index in [-0.39, 0.29) is 5.91 Å². The second kappa shape index (κ2) is 9.18. The molecule has 28 heavy (non-hydrogen) atoms. The maximum Gasteiger partial charge on any atom is 0.226 e. The van der Waals surface area contributed by atoms with Crippen LogP contribution in [-0.4, -0.2) is 27.4 Å². The summed E-state index contributed by atoms with van der Waals surface area (Å²) >= 11 is 4.90. The Hall–Kier alpha value is -2.42. The zero-order valence-electron chi connectivity index (χ0n) is 15.0. The van der Waals surface area contributed by atoms with Crippen LogP contribution >= 0.6 is 34.0 Å². The highest BCUT2D eigenvalue weighted by atomic mass is 32.1. The first-order chi connectivity index (χ1) is 13.8. The summed E-state index contributed by atoms with van der Waals surface area (Å²) in [5.74, 6) is 0.0136. The lowest BCUT2D eigenvalue weighted by Crippen LogP contribution is -2.26. The van der Waals surface area contributed by atoms with Crippen LogP contribution in [0.5, 0.6) is 0 Å². The molecular weight excluding hydrogens is 408 g/mol. The zero-order chi connectivity index (χ0) is 19.2. The topological polar surface area (TPSA) is 67.8 Å². The first-order valence-electron chi connectivity index (χ1n) is 8.88. The van der Waals surface area contributed by atoms with Crippen molar-refractivity contribution >= 4 is 39.9 Å². The lowest BCUT2D eigenvalue weighted by molar-refractivity contribution is -0.120. The molecule has 4 aromatic heterocycles. The van der Waals surface area contributed by atoms with Crippen LogP contribution in [0.15, 0.2) is 52.8 Å². The molecule has 0 aliphatic carbocycles. The highest BCUT2D eigenvalue weighted by molar-refractivity contribution is 7.20. The Kier molecular flexibility index (Phi) is 6.20. The van der Waals surface area contributed by atoms with Crippen molar-refractivity contribution in [3.8, 4) is 21.1 Å². The summed E-state index contributed by atoms with van der Waals surface area (Å²) < 4.78 is 0. The molecule has 0 radical (unpaired) electrons. The number of amides is 1. The number of aromatic nitrogens is 3. The number of hydrogen-bond acceptors (Lipinski definition) is 7. The van der Waals surface area contributed by atoms with Crippen molar-refractivity contribution in [2.24, 2.45) is 0 Å². The van der Waals surface area contributed by atoms with Crippen molar-refractivity contribution in [3.63, 3.8) is 0 Å². The third kappa shape index (κ3) is 4.89. The number of rotatable bonds is 8. The molecule has 0 aromatic carbocycles. The summed E-state index contributed by atoms with van der Waals surface area (Å²) in [4.78, 5) is 26.5. The molecule has 0 atom stereocenters. The van der Waals surface area contributed by atoms with Crippen molar-refractivity contribution in [2.75, 3.05) is 6.54 Å². The predicted molar refractivity (Wildman–Crippen MR) is 116 cm³/mol. The van der Waals surface area contributed by atoms with E-state index in [0.29, 0.717) is 13.0 Å². The van der Waals surface area contributed by atoms with Crippen LogP contribution in [0.3, 0.4) is 0 Å². The molecule has 1 amide bonds. The minimum Gasteiger partial charge on any atom is -0.356 e. The van der Waals surface area contributed by atoms with Gasteiger partial charge in [-0.15, -0.1) is 34.0 Å². The lowest BCUT2D eigenvalue weighted by atomic mass is 10.2. The highest BCUT2D eigenvalue weighted by Crippen LogP contribution is 2.27. The molecule has 0 aliphatic rings. The van der Waals surface area contributed by atoms with Gasteiger partial charge in [0, 0.05) is 41.7 Å². The summed E-state index contributed by atoms with van der Waals surface area (Å²) in [6.45, 7) is 0.644. The third-order valence-corrected chi connectivity index (χ3v) is 6.88. The molecule has 142 valence electrons. The molecule has 0 unspecified atom stereocenters. The van der Waals surface area contributed by atoms with Gasteiger partial charge in [0.2, 0.25) is 5.91 Å². The van der Waals surface area contributed by atoms with E-state index < -0.39 is 0 Å².